The lowest BCUT2D eigenvalue weighted by Gasteiger charge is -2.17. The maximum Gasteiger partial charge on any atom is 0.119 e. The molecule has 96 valence electrons. The molecule has 0 amide bonds. The smallest absolute Gasteiger partial charge is 0.119 e. The molecule has 0 fully saturated rings. The van der Waals surface area contributed by atoms with Gasteiger partial charge in [-0.25, -0.2) is 0 Å². The van der Waals surface area contributed by atoms with Gasteiger partial charge in [-0.3, -0.25) is 0 Å². The molecule has 1 unspecified atom stereocenters. The highest BCUT2D eigenvalue weighted by Gasteiger charge is 2.06. The van der Waals surface area contributed by atoms with E-state index in [0.29, 0.717) is 19.2 Å². The largest absolute Gasteiger partial charge is 0.494 e. The molecule has 0 aliphatic carbocycles. The van der Waals surface area contributed by atoms with Crippen LogP contribution in [0, 0.1) is 0 Å². The normalized spacial score (nSPS) is 12.4. The van der Waals surface area contributed by atoms with E-state index in [0.717, 1.165) is 25.1 Å². The number of hydrogen-bond acceptors (Lipinski definition) is 3. The van der Waals surface area contributed by atoms with E-state index >= 15 is 0 Å². The Labute approximate surface area is 104 Å². The van der Waals surface area contributed by atoms with Gasteiger partial charge in [0.05, 0.1) is 6.61 Å². The van der Waals surface area contributed by atoms with Crippen LogP contribution >= 0.6 is 0 Å². The molecule has 17 heavy (non-hydrogen) atoms. The number of ether oxygens (including phenoxy) is 1. The van der Waals surface area contributed by atoms with E-state index in [2.05, 4.69) is 30.4 Å². The predicted octanol–water partition coefficient (Wildman–Crippen LogP) is 1.95. The quantitative estimate of drug-likeness (QED) is 0.725. The fourth-order valence-corrected chi connectivity index (χ4v) is 1.86. The van der Waals surface area contributed by atoms with E-state index in [-0.39, 0.29) is 0 Å². The molecule has 0 aliphatic rings. The van der Waals surface area contributed by atoms with E-state index < -0.39 is 0 Å². The molecule has 1 aromatic carbocycles. The summed E-state index contributed by atoms with van der Waals surface area (Å²) < 4.78 is 5.50. The molecule has 0 saturated carbocycles. The van der Waals surface area contributed by atoms with E-state index in [4.69, 9.17) is 10.5 Å². The second-order valence-electron chi connectivity index (χ2n) is 4.13. The molecule has 0 bridgehead atoms. The summed E-state index contributed by atoms with van der Waals surface area (Å²) in [6.45, 7) is 6.48. The van der Waals surface area contributed by atoms with Crippen molar-refractivity contribution in [1.82, 2.24) is 5.32 Å². The van der Waals surface area contributed by atoms with Crippen LogP contribution in [0.3, 0.4) is 0 Å². The Balaban J connectivity index is 2.55. The van der Waals surface area contributed by atoms with Crippen molar-refractivity contribution in [2.24, 2.45) is 5.73 Å². The number of benzene rings is 1. The van der Waals surface area contributed by atoms with Crippen molar-refractivity contribution in [1.29, 1.82) is 0 Å². The monoisotopic (exact) mass is 236 g/mol. The number of nitrogens with two attached hydrogens (primary N) is 1. The minimum atomic E-state index is 0.496. The minimum absolute atomic E-state index is 0.496. The Morgan fingerprint density at radius 3 is 2.82 bits per heavy atom. The van der Waals surface area contributed by atoms with Crippen molar-refractivity contribution in [3.63, 3.8) is 0 Å². The van der Waals surface area contributed by atoms with E-state index in [1.807, 2.05) is 13.0 Å². The third-order valence-electron chi connectivity index (χ3n) is 2.76. The van der Waals surface area contributed by atoms with Crippen LogP contribution in [0.5, 0.6) is 5.75 Å². The number of rotatable bonds is 8. The van der Waals surface area contributed by atoms with Gasteiger partial charge in [-0.2, -0.15) is 0 Å². The first-order valence-electron chi connectivity index (χ1n) is 6.45. The van der Waals surface area contributed by atoms with Gasteiger partial charge in [-0.1, -0.05) is 19.1 Å². The van der Waals surface area contributed by atoms with E-state index in [9.17, 15) is 0 Å². The fourth-order valence-electron chi connectivity index (χ4n) is 1.86. The molecule has 3 nitrogen and oxygen atoms in total. The summed E-state index contributed by atoms with van der Waals surface area (Å²) in [6, 6.07) is 8.82. The van der Waals surface area contributed by atoms with Crippen LogP contribution in [0.2, 0.25) is 0 Å². The van der Waals surface area contributed by atoms with E-state index in [1.165, 1.54) is 5.56 Å². The third kappa shape index (κ3) is 5.20. The van der Waals surface area contributed by atoms with Crippen LogP contribution in [0.4, 0.5) is 0 Å². The maximum atomic E-state index is 5.51. The topological polar surface area (TPSA) is 47.3 Å². The first-order chi connectivity index (χ1) is 8.30. The standard InChI is InChI=1S/C14H24N2O/c1-3-13(16-9-8-15)10-12-6-5-7-14(11-12)17-4-2/h5-7,11,13,16H,3-4,8-10,15H2,1-2H3. The van der Waals surface area contributed by atoms with E-state index in [1.54, 1.807) is 0 Å². The van der Waals surface area contributed by atoms with Gasteiger partial charge < -0.3 is 15.8 Å². The first kappa shape index (κ1) is 14.0. The third-order valence-corrected chi connectivity index (χ3v) is 2.76. The van der Waals surface area contributed by atoms with Crippen LogP contribution in [0.1, 0.15) is 25.8 Å². The molecule has 3 heteroatoms. The van der Waals surface area contributed by atoms with Gasteiger partial charge in [0.2, 0.25) is 0 Å². The van der Waals surface area contributed by atoms with Gasteiger partial charge in [0, 0.05) is 19.1 Å². The summed E-state index contributed by atoms with van der Waals surface area (Å²) >= 11 is 0. The summed E-state index contributed by atoms with van der Waals surface area (Å²) in [7, 11) is 0. The molecular weight excluding hydrogens is 212 g/mol. The fraction of sp³-hybridized carbons (Fsp3) is 0.571. The molecule has 3 N–H and O–H groups in total. The number of nitrogens with one attached hydrogen (secondary N) is 1. The summed E-state index contributed by atoms with van der Waals surface area (Å²) in [5.41, 5.74) is 6.82. The SMILES string of the molecule is CCOc1cccc(CC(CC)NCCN)c1. The summed E-state index contributed by atoms with van der Waals surface area (Å²) in [4.78, 5) is 0. The Bertz CT molecular complexity index is 315. The molecule has 1 atom stereocenters. The average Bonchev–Trinajstić information content (AvgIpc) is 2.35. The van der Waals surface area contributed by atoms with Crippen molar-refractivity contribution in [2.45, 2.75) is 32.7 Å². The van der Waals surface area contributed by atoms with Crippen LogP contribution in [0.25, 0.3) is 0 Å². The van der Waals surface area contributed by atoms with Crippen molar-refractivity contribution in [3.05, 3.63) is 29.8 Å². The Morgan fingerprint density at radius 1 is 1.35 bits per heavy atom. The lowest BCUT2D eigenvalue weighted by atomic mass is 10.0. The molecule has 0 aliphatic heterocycles. The zero-order chi connectivity index (χ0) is 12.5. The summed E-state index contributed by atoms with van der Waals surface area (Å²) in [5, 5.41) is 3.45. The Morgan fingerprint density at radius 2 is 2.18 bits per heavy atom. The van der Waals surface area contributed by atoms with Gasteiger partial charge in [0.1, 0.15) is 5.75 Å². The van der Waals surface area contributed by atoms with Crippen molar-refractivity contribution in [2.75, 3.05) is 19.7 Å². The van der Waals surface area contributed by atoms with Crippen LogP contribution < -0.4 is 15.8 Å². The van der Waals surface area contributed by atoms with Gasteiger partial charge in [-0.05, 0) is 37.5 Å². The lowest BCUT2D eigenvalue weighted by molar-refractivity contribution is 0.339. The first-order valence-corrected chi connectivity index (χ1v) is 6.45. The minimum Gasteiger partial charge on any atom is -0.494 e. The Hall–Kier alpha value is -1.06. The molecule has 0 spiro atoms. The van der Waals surface area contributed by atoms with Gasteiger partial charge in [-0.15, -0.1) is 0 Å². The lowest BCUT2D eigenvalue weighted by Crippen LogP contribution is -2.34. The second-order valence-corrected chi connectivity index (χ2v) is 4.13. The molecule has 1 aromatic rings. The molecule has 0 radical (unpaired) electrons. The molecule has 0 heterocycles. The summed E-state index contributed by atoms with van der Waals surface area (Å²) in [6.07, 6.45) is 2.14. The van der Waals surface area contributed by atoms with Gasteiger partial charge in [0.25, 0.3) is 0 Å². The average molecular weight is 236 g/mol. The van der Waals surface area contributed by atoms with Crippen molar-refractivity contribution < 1.29 is 4.74 Å². The van der Waals surface area contributed by atoms with Crippen LogP contribution in [-0.2, 0) is 6.42 Å². The van der Waals surface area contributed by atoms with Crippen molar-refractivity contribution >= 4 is 0 Å². The summed E-state index contributed by atoms with van der Waals surface area (Å²) in [5.74, 6) is 0.957. The molecule has 0 aromatic heterocycles. The molecular formula is C14H24N2O. The van der Waals surface area contributed by atoms with Gasteiger partial charge in [0.15, 0.2) is 0 Å². The van der Waals surface area contributed by atoms with Crippen LogP contribution in [0.15, 0.2) is 24.3 Å². The van der Waals surface area contributed by atoms with Gasteiger partial charge >= 0.3 is 0 Å². The number of hydrogen-bond donors (Lipinski definition) is 2. The highest BCUT2D eigenvalue weighted by Crippen LogP contribution is 2.15. The highest BCUT2D eigenvalue weighted by atomic mass is 16.5. The predicted molar refractivity (Wildman–Crippen MR) is 72.5 cm³/mol. The molecule has 1 rings (SSSR count). The Kier molecular flexibility index (Phi) is 6.67. The van der Waals surface area contributed by atoms with Crippen molar-refractivity contribution in [3.8, 4) is 5.75 Å². The zero-order valence-electron chi connectivity index (χ0n) is 10.9. The molecule has 0 saturated heterocycles. The second kappa shape index (κ2) is 8.09. The maximum absolute atomic E-state index is 5.51. The van der Waals surface area contributed by atoms with Crippen LogP contribution in [-0.4, -0.2) is 25.7 Å². The highest BCUT2D eigenvalue weighted by molar-refractivity contribution is 5.29. The zero-order valence-corrected chi connectivity index (χ0v) is 10.9.